The molecule has 3 aromatic rings. The van der Waals surface area contributed by atoms with E-state index in [2.05, 4.69) is 31.9 Å². The highest BCUT2D eigenvalue weighted by Gasteiger charge is 2.67. The quantitative estimate of drug-likeness (QED) is 0.0627. The van der Waals surface area contributed by atoms with Gasteiger partial charge in [-0.2, -0.15) is 5.01 Å². The number of hydrogen-bond acceptors (Lipinski definition) is 9. The fourth-order valence-corrected chi connectivity index (χ4v) is 8.04. The van der Waals surface area contributed by atoms with Gasteiger partial charge in [0, 0.05) is 32.9 Å². The lowest BCUT2D eigenvalue weighted by molar-refractivity contribution is -0.384. The molecule has 6 atom stereocenters. The Hall–Kier alpha value is -4.17. The molecule has 0 unspecified atom stereocenters. The summed E-state index contributed by atoms with van der Waals surface area (Å²) in [7, 11) is 0. The van der Waals surface area contributed by atoms with Crippen LogP contribution in [0.2, 0.25) is 0 Å². The van der Waals surface area contributed by atoms with Gasteiger partial charge in [-0.25, -0.2) is 9.80 Å². The molecule has 1 aromatic heterocycles. The Bertz CT molecular complexity index is 1610. The minimum Gasteiger partial charge on any atom is -0.457 e. The van der Waals surface area contributed by atoms with Crippen molar-refractivity contribution < 1.29 is 38.1 Å². The van der Waals surface area contributed by atoms with Crippen LogP contribution in [0.1, 0.15) is 37.7 Å². The number of furan rings is 1. The largest absolute Gasteiger partial charge is 0.457 e. The molecule has 3 fully saturated rings. The standard InChI is InChI=1S/C29H21Br2N3O9/c30-24-18-12-19(25(24)31)23-22(18)27(37)33(28(23)38)32(26(36)15-3-7-16(8-4-15)34(40)41)13-20(35)14-5-9-17(10-6-14)43-29(39)21-2-1-11-42-21/h1-11,18-19,22-25H,12-13H2/t18-,19-,22-,23-,24-,25+/m1/s1. The number of fused-ring (bicyclic) bond motifs is 5. The summed E-state index contributed by atoms with van der Waals surface area (Å²) in [5.41, 5.74) is -0.172. The number of benzene rings is 2. The van der Waals surface area contributed by atoms with Gasteiger partial charge in [0.15, 0.2) is 5.78 Å². The van der Waals surface area contributed by atoms with Gasteiger partial charge in [-0.15, -0.1) is 0 Å². The van der Waals surface area contributed by atoms with E-state index in [9.17, 15) is 34.1 Å². The number of halogens is 2. The number of hydrogen-bond donors (Lipinski definition) is 0. The van der Waals surface area contributed by atoms with E-state index in [1.54, 1.807) is 0 Å². The first-order valence-corrected chi connectivity index (χ1v) is 15.0. The molecule has 2 saturated carbocycles. The summed E-state index contributed by atoms with van der Waals surface area (Å²) in [6.07, 6.45) is 2.00. The fraction of sp³-hybridized carbons (Fsp3) is 0.276. The number of Topliss-reactive ketones (excluding diaryl/α,β-unsaturated/α-hetero) is 1. The monoisotopic (exact) mass is 713 g/mol. The van der Waals surface area contributed by atoms with Crippen LogP contribution in [0.3, 0.4) is 0 Å². The fourth-order valence-electron chi connectivity index (χ4n) is 6.17. The lowest BCUT2D eigenvalue weighted by Gasteiger charge is -2.30. The molecule has 0 spiro atoms. The van der Waals surface area contributed by atoms with Crippen LogP contribution in [0, 0.1) is 33.8 Å². The number of nitrogens with zero attached hydrogens (tertiary/aromatic N) is 3. The summed E-state index contributed by atoms with van der Waals surface area (Å²) in [6, 6.07) is 13.2. The van der Waals surface area contributed by atoms with Crippen molar-refractivity contribution in [1.82, 2.24) is 10.0 Å². The Morgan fingerprint density at radius 2 is 1.51 bits per heavy atom. The third-order valence-electron chi connectivity index (χ3n) is 8.17. The first kappa shape index (κ1) is 28.9. The molecule has 14 heteroatoms. The third-order valence-corrected chi connectivity index (χ3v) is 11.4. The van der Waals surface area contributed by atoms with Crippen LogP contribution in [-0.2, 0) is 9.59 Å². The molecule has 3 aliphatic rings. The molecule has 0 radical (unpaired) electrons. The van der Waals surface area contributed by atoms with Gasteiger partial charge in [-0.3, -0.25) is 29.3 Å². The number of alkyl halides is 2. The first-order valence-electron chi connectivity index (χ1n) is 13.2. The topological polar surface area (TPSA) is 157 Å². The minimum atomic E-state index is -0.841. The Labute approximate surface area is 260 Å². The second kappa shape index (κ2) is 11.2. The van der Waals surface area contributed by atoms with Gasteiger partial charge in [-0.05, 0) is 66.8 Å². The number of carbonyl (C=O) groups excluding carboxylic acids is 5. The van der Waals surface area contributed by atoms with E-state index in [4.69, 9.17) is 9.15 Å². The maximum absolute atomic E-state index is 13.8. The molecule has 6 rings (SSSR count). The van der Waals surface area contributed by atoms with Crippen LogP contribution in [0.4, 0.5) is 5.69 Å². The minimum absolute atomic E-state index is 0.00355. The van der Waals surface area contributed by atoms with Crippen LogP contribution in [0.5, 0.6) is 5.75 Å². The van der Waals surface area contributed by atoms with Gasteiger partial charge in [0.1, 0.15) is 12.3 Å². The number of ether oxygens (including phenoxy) is 1. The van der Waals surface area contributed by atoms with E-state index < -0.39 is 52.8 Å². The molecule has 1 aliphatic heterocycles. The first-order chi connectivity index (χ1) is 20.6. The molecule has 43 heavy (non-hydrogen) atoms. The molecule has 0 N–H and O–H groups in total. The van der Waals surface area contributed by atoms with Gasteiger partial charge < -0.3 is 9.15 Å². The molecule has 1 saturated heterocycles. The summed E-state index contributed by atoms with van der Waals surface area (Å²) in [4.78, 5) is 77.3. The number of ketones is 1. The van der Waals surface area contributed by atoms with Crippen molar-refractivity contribution >= 4 is 67.0 Å². The highest BCUT2D eigenvalue weighted by atomic mass is 79.9. The zero-order chi connectivity index (χ0) is 30.6. The van der Waals surface area contributed by atoms with E-state index in [0.29, 0.717) is 6.42 Å². The summed E-state index contributed by atoms with van der Waals surface area (Å²) >= 11 is 7.27. The van der Waals surface area contributed by atoms with Crippen molar-refractivity contribution in [3.8, 4) is 5.75 Å². The van der Waals surface area contributed by atoms with E-state index in [-0.39, 0.29) is 49.8 Å². The Morgan fingerprint density at radius 3 is 2.05 bits per heavy atom. The number of nitro benzene ring substituents is 1. The SMILES string of the molecule is O=C(CN(C(=O)c1ccc([N+](=O)[O-])cc1)N1C(=O)[C@@H]2[C@H]3C[C@@H]([C@@H](Br)[C@H]3Br)[C@H]2C1=O)c1ccc(OC(=O)c2ccco2)cc1. The lowest BCUT2D eigenvalue weighted by atomic mass is 9.81. The summed E-state index contributed by atoms with van der Waals surface area (Å²) in [6.45, 7) is -0.664. The predicted octanol–water partition coefficient (Wildman–Crippen LogP) is 4.43. The van der Waals surface area contributed by atoms with Crippen molar-refractivity contribution in [3.63, 3.8) is 0 Å². The average Bonchev–Trinajstić information content (AvgIpc) is 3.78. The second-order valence-electron chi connectivity index (χ2n) is 10.5. The number of nitro groups is 1. The molecule has 12 nitrogen and oxygen atoms in total. The van der Waals surface area contributed by atoms with Crippen LogP contribution >= 0.6 is 31.9 Å². The number of rotatable bonds is 8. The Morgan fingerprint density at radius 1 is 0.930 bits per heavy atom. The van der Waals surface area contributed by atoms with E-state index in [1.165, 1.54) is 54.8 Å². The van der Waals surface area contributed by atoms with Crippen molar-refractivity contribution in [2.45, 2.75) is 16.1 Å². The summed E-state index contributed by atoms with van der Waals surface area (Å²) < 4.78 is 10.2. The maximum atomic E-state index is 13.8. The van der Waals surface area contributed by atoms with E-state index >= 15 is 0 Å². The zero-order valence-corrected chi connectivity index (χ0v) is 25.2. The lowest BCUT2D eigenvalue weighted by Crippen LogP contribution is -2.52. The molecule has 2 aromatic carbocycles. The van der Waals surface area contributed by atoms with Crippen molar-refractivity contribution in [3.05, 3.63) is 93.9 Å². The average molecular weight is 715 g/mol. The number of esters is 1. The van der Waals surface area contributed by atoms with Gasteiger partial charge in [0.05, 0.1) is 23.0 Å². The predicted molar refractivity (Wildman–Crippen MR) is 154 cm³/mol. The highest BCUT2D eigenvalue weighted by molar-refractivity contribution is 9.12. The van der Waals surface area contributed by atoms with Gasteiger partial charge in [0.2, 0.25) is 5.76 Å². The second-order valence-corrected chi connectivity index (χ2v) is 12.6. The molecule has 220 valence electrons. The van der Waals surface area contributed by atoms with Gasteiger partial charge >= 0.3 is 5.97 Å². The number of non-ortho nitro benzene ring substituents is 1. The van der Waals surface area contributed by atoms with E-state index in [0.717, 1.165) is 22.2 Å². The molecule has 2 aliphatic carbocycles. The van der Waals surface area contributed by atoms with Crippen LogP contribution in [-0.4, -0.2) is 60.6 Å². The van der Waals surface area contributed by atoms with Crippen molar-refractivity contribution in [2.75, 3.05) is 6.54 Å². The Kier molecular flexibility index (Phi) is 7.50. The Balaban J connectivity index is 1.27. The number of amides is 3. The van der Waals surface area contributed by atoms with Crippen molar-refractivity contribution in [2.24, 2.45) is 23.7 Å². The summed E-state index contributed by atoms with van der Waals surface area (Å²) in [5, 5.41) is 12.7. The summed E-state index contributed by atoms with van der Waals surface area (Å²) in [5.74, 6) is -4.68. The smallest absolute Gasteiger partial charge is 0.379 e. The number of carbonyl (C=O) groups is 5. The van der Waals surface area contributed by atoms with Gasteiger partial charge in [-0.1, -0.05) is 31.9 Å². The molecule has 3 amide bonds. The van der Waals surface area contributed by atoms with Crippen molar-refractivity contribution in [1.29, 1.82) is 0 Å². The van der Waals surface area contributed by atoms with E-state index in [1.807, 2.05) is 0 Å². The van der Waals surface area contributed by atoms with Crippen LogP contribution in [0.25, 0.3) is 0 Å². The molecular weight excluding hydrogens is 694 g/mol. The molecular formula is C29H21Br2N3O9. The normalized spacial score (nSPS) is 25.5. The zero-order valence-electron chi connectivity index (χ0n) is 22.0. The molecule has 2 heterocycles. The number of hydrazine groups is 1. The number of imide groups is 1. The van der Waals surface area contributed by atoms with Gasteiger partial charge in [0.25, 0.3) is 23.4 Å². The third kappa shape index (κ3) is 4.97. The maximum Gasteiger partial charge on any atom is 0.379 e. The van der Waals surface area contributed by atoms with Crippen LogP contribution < -0.4 is 4.74 Å². The highest BCUT2D eigenvalue weighted by Crippen LogP contribution is 2.60. The van der Waals surface area contributed by atoms with Crippen LogP contribution in [0.15, 0.2) is 71.3 Å². The molecule has 2 bridgehead atoms.